The molecule has 0 spiro atoms. The average Bonchev–Trinajstić information content (AvgIpc) is 2.73. The number of rotatable bonds is 4. The molecular formula is C14H17N3. The van der Waals surface area contributed by atoms with Crippen LogP contribution in [-0.2, 0) is 6.54 Å². The van der Waals surface area contributed by atoms with Crippen LogP contribution in [0, 0.1) is 16.7 Å². The molecule has 0 saturated heterocycles. The highest BCUT2D eigenvalue weighted by molar-refractivity contribution is 5.82. The summed E-state index contributed by atoms with van der Waals surface area (Å²) in [4.78, 5) is 3.24. The van der Waals surface area contributed by atoms with E-state index in [2.05, 4.69) is 28.5 Å². The Hall–Kier alpha value is -1.79. The Labute approximate surface area is 101 Å². The minimum atomic E-state index is -0.313. The highest BCUT2D eigenvalue weighted by Crippen LogP contribution is 2.18. The number of fused-ring (bicyclic) bond motifs is 1. The van der Waals surface area contributed by atoms with Crippen LogP contribution in [0.2, 0.25) is 0 Å². The summed E-state index contributed by atoms with van der Waals surface area (Å²) in [7, 11) is 0. The molecule has 3 nitrogen and oxygen atoms in total. The fraction of sp³-hybridized carbons (Fsp3) is 0.357. The molecule has 2 aromatic rings. The van der Waals surface area contributed by atoms with Crippen LogP contribution in [0.25, 0.3) is 10.9 Å². The Morgan fingerprint density at radius 1 is 1.35 bits per heavy atom. The van der Waals surface area contributed by atoms with Crippen molar-refractivity contribution in [2.45, 2.75) is 20.4 Å². The number of aromatic nitrogens is 1. The van der Waals surface area contributed by atoms with E-state index in [-0.39, 0.29) is 5.41 Å². The lowest BCUT2D eigenvalue weighted by molar-refractivity contribution is 0.445. The fourth-order valence-corrected chi connectivity index (χ4v) is 1.83. The van der Waals surface area contributed by atoms with Gasteiger partial charge in [-0.1, -0.05) is 18.2 Å². The maximum Gasteiger partial charge on any atom is 0.0697 e. The Kier molecular flexibility index (Phi) is 3.16. The van der Waals surface area contributed by atoms with Crippen LogP contribution in [-0.4, -0.2) is 11.5 Å². The van der Waals surface area contributed by atoms with Gasteiger partial charge in [-0.2, -0.15) is 5.26 Å². The molecule has 0 bridgehead atoms. The van der Waals surface area contributed by atoms with E-state index >= 15 is 0 Å². The molecule has 0 fully saturated rings. The topological polar surface area (TPSA) is 51.6 Å². The summed E-state index contributed by atoms with van der Waals surface area (Å²) >= 11 is 0. The number of hydrogen-bond acceptors (Lipinski definition) is 2. The lowest BCUT2D eigenvalue weighted by atomic mass is 9.96. The van der Waals surface area contributed by atoms with E-state index < -0.39 is 0 Å². The van der Waals surface area contributed by atoms with Gasteiger partial charge in [0, 0.05) is 30.2 Å². The maximum atomic E-state index is 8.93. The second kappa shape index (κ2) is 4.60. The fourth-order valence-electron chi connectivity index (χ4n) is 1.83. The predicted molar refractivity (Wildman–Crippen MR) is 69.4 cm³/mol. The van der Waals surface area contributed by atoms with Crippen LogP contribution >= 0.6 is 0 Å². The molecule has 88 valence electrons. The summed E-state index contributed by atoms with van der Waals surface area (Å²) in [6, 6.07) is 10.5. The van der Waals surface area contributed by atoms with Gasteiger partial charge in [0.25, 0.3) is 0 Å². The largest absolute Gasteiger partial charge is 0.361 e. The molecule has 17 heavy (non-hydrogen) atoms. The molecule has 0 aliphatic heterocycles. The summed E-state index contributed by atoms with van der Waals surface area (Å²) in [5, 5.41) is 13.5. The quantitative estimate of drug-likeness (QED) is 0.843. The van der Waals surface area contributed by atoms with Crippen LogP contribution in [0.4, 0.5) is 0 Å². The summed E-state index contributed by atoms with van der Waals surface area (Å²) in [6.45, 7) is 5.36. The summed E-state index contributed by atoms with van der Waals surface area (Å²) < 4.78 is 0. The number of aromatic amines is 1. The highest BCUT2D eigenvalue weighted by Gasteiger charge is 2.15. The van der Waals surface area contributed by atoms with Crippen molar-refractivity contribution in [3.8, 4) is 6.07 Å². The van der Waals surface area contributed by atoms with Gasteiger partial charge in [0.2, 0.25) is 0 Å². The average molecular weight is 227 g/mol. The van der Waals surface area contributed by atoms with E-state index in [1.54, 1.807) is 0 Å². The van der Waals surface area contributed by atoms with Gasteiger partial charge in [-0.3, -0.25) is 0 Å². The molecule has 0 aliphatic rings. The molecule has 0 unspecified atom stereocenters. The monoisotopic (exact) mass is 227 g/mol. The van der Waals surface area contributed by atoms with E-state index in [0.717, 1.165) is 12.1 Å². The van der Waals surface area contributed by atoms with E-state index in [9.17, 15) is 0 Å². The second-order valence-corrected chi connectivity index (χ2v) is 4.96. The van der Waals surface area contributed by atoms with Crippen molar-refractivity contribution in [1.82, 2.24) is 10.3 Å². The molecule has 1 aromatic carbocycles. The van der Waals surface area contributed by atoms with Crippen LogP contribution < -0.4 is 5.32 Å². The third-order valence-electron chi connectivity index (χ3n) is 2.86. The second-order valence-electron chi connectivity index (χ2n) is 4.96. The van der Waals surface area contributed by atoms with Crippen molar-refractivity contribution in [3.05, 3.63) is 36.0 Å². The zero-order chi connectivity index (χ0) is 12.3. The number of nitrogens with one attached hydrogen (secondary N) is 2. The van der Waals surface area contributed by atoms with Gasteiger partial charge in [0.1, 0.15) is 0 Å². The van der Waals surface area contributed by atoms with E-state index in [0.29, 0.717) is 6.54 Å². The minimum absolute atomic E-state index is 0.313. The molecule has 1 aromatic heterocycles. The lowest BCUT2D eigenvalue weighted by Gasteiger charge is -2.15. The molecule has 0 amide bonds. The highest BCUT2D eigenvalue weighted by atomic mass is 14.9. The van der Waals surface area contributed by atoms with Crippen molar-refractivity contribution in [2.75, 3.05) is 6.54 Å². The third kappa shape index (κ3) is 2.66. The number of nitrogens with zero attached hydrogens (tertiary/aromatic N) is 1. The third-order valence-corrected chi connectivity index (χ3v) is 2.86. The van der Waals surface area contributed by atoms with Gasteiger partial charge in [-0.25, -0.2) is 0 Å². The molecule has 1 heterocycles. The normalized spacial score (nSPS) is 11.6. The van der Waals surface area contributed by atoms with Gasteiger partial charge in [-0.15, -0.1) is 0 Å². The Bertz CT molecular complexity index is 546. The zero-order valence-corrected chi connectivity index (χ0v) is 10.2. The first-order chi connectivity index (χ1) is 8.12. The Morgan fingerprint density at radius 2 is 2.12 bits per heavy atom. The van der Waals surface area contributed by atoms with Crippen molar-refractivity contribution in [1.29, 1.82) is 5.26 Å². The lowest BCUT2D eigenvalue weighted by Crippen LogP contribution is -2.27. The number of benzene rings is 1. The number of nitriles is 1. The molecule has 0 saturated carbocycles. The molecule has 2 N–H and O–H groups in total. The van der Waals surface area contributed by atoms with Crippen LogP contribution in [0.15, 0.2) is 30.5 Å². The van der Waals surface area contributed by atoms with Gasteiger partial charge in [-0.05, 0) is 25.5 Å². The molecule has 3 heteroatoms. The van der Waals surface area contributed by atoms with Crippen molar-refractivity contribution in [2.24, 2.45) is 5.41 Å². The van der Waals surface area contributed by atoms with Gasteiger partial charge in [0.15, 0.2) is 0 Å². The Balaban J connectivity index is 2.03. The van der Waals surface area contributed by atoms with Crippen LogP contribution in [0.3, 0.4) is 0 Å². The number of para-hydroxylation sites is 1. The van der Waals surface area contributed by atoms with E-state index in [1.807, 2.05) is 32.2 Å². The maximum absolute atomic E-state index is 8.93. The number of H-pyrrole nitrogens is 1. The molecular weight excluding hydrogens is 210 g/mol. The SMILES string of the molecule is CC(C)(C#N)CNCc1c[nH]c2ccccc12. The summed E-state index contributed by atoms with van der Waals surface area (Å²) in [5.74, 6) is 0. The number of hydrogen-bond donors (Lipinski definition) is 2. The summed E-state index contributed by atoms with van der Waals surface area (Å²) in [6.07, 6.45) is 2.02. The zero-order valence-electron chi connectivity index (χ0n) is 10.2. The first-order valence-corrected chi connectivity index (χ1v) is 5.79. The van der Waals surface area contributed by atoms with Crippen LogP contribution in [0.5, 0.6) is 0 Å². The molecule has 0 aliphatic carbocycles. The summed E-state index contributed by atoms with van der Waals surface area (Å²) in [5.41, 5.74) is 2.09. The van der Waals surface area contributed by atoms with Crippen molar-refractivity contribution < 1.29 is 0 Å². The van der Waals surface area contributed by atoms with Crippen molar-refractivity contribution in [3.63, 3.8) is 0 Å². The first kappa shape index (κ1) is 11.7. The van der Waals surface area contributed by atoms with E-state index in [1.165, 1.54) is 10.9 Å². The van der Waals surface area contributed by atoms with Crippen LogP contribution in [0.1, 0.15) is 19.4 Å². The smallest absolute Gasteiger partial charge is 0.0697 e. The van der Waals surface area contributed by atoms with Gasteiger partial charge in [0.05, 0.1) is 11.5 Å². The minimum Gasteiger partial charge on any atom is -0.361 e. The molecule has 2 rings (SSSR count). The molecule has 0 radical (unpaired) electrons. The van der Waals surface area contributed by atoms with Gasteiger partial charge >= 0.3 is 0 Å². The predicted octanol–water partition coefficient (Wildman–Crippen LogP) is 2.81. The van der Waals surface area contributed by atoms with Gasteiger partial charge < -0.3 is 10.3 Å². The van der Waals surface area contributed by atoms with Crippen molar-refractivity contribution >= 4 is 10.9 Å². The van der Waals surface area contributed by atoms with E-state index in [4.69, 9.17) is 5.26 Å². The Morgan fingerprint density at radius 3 is 2.88 bits per heavy atom. The molecule has 0 atom stereocenters. The standard InChI is InChI=1S/C14H17N3/c1-14(2,9-15)10-16-7-11-8-17-13-6-4-3-5-12(11)13/h3-6,8,16-17H,7,10H2,1-2H3. The first-order valence-electron chi connectivity index (χ1n) is 5.79.